The van der Waals surface area contributed by atoms with Crippen molar-refractivity contribution in [2.24, 2.45) is 5.92 Å². The molecule has 1 N–H and O–H groups in total. The van der Waals surface area contributed by atoms with E-state index in [-0.39, 0.29) is 0 Å². The Morgan fingerprint density at radius 1 is 1.28 bits per heavy atom. The highest BCUT2D eigenvalue weighted by Gasteiger charge is 2.11. The van der Waals surface area contributed by atoms with Crippen LogP contribution < -0.4 is 5.32 Å². The lowest BCUT2D eigenvalue weighted by molar-refractivity contribution is 0.430. The first-order valence-electron chi connectivity index (χ1n) is 7.42. The minimum absolute atomic E-state index is 0.460. The van der Waals surface area contributed by atoms with E-state index in [0.29, 0.717) is 6.04 Å². The molecule has 1 unspecified atom stereocenters. The third kappa shape index (κ3) is 5.21. The van der Waals surface area contributed by atoms with Crippen molar-refractivity contribution in [1.82, 2.24) is 15.1 Å². The predicted octanol–water partition coefficient (Wildman–Crippen LogP) is 3.42. The van der Waals surface area contributed by atoms with Gasteiger partial charge in [-0.1, -0.05) is 20.3 Å². The maximum Gasteiger partial charge on any atom is 0.0627 e. The number of hydrogen-bond acceptors (Lipinski definition) is 2. The van der Waals surface area contributed by atoms with Crippen LogP contribution >= 0.6 is 0 Å². The molecule has 0 bridgehead atoms. The van der Waals surface area contributed by atoms with Gasteiger partial charge in [0, 0.05) is 12.2 Å². The molecule has 0 aromatic carbocycles. The van der Waals surface area contributed by atoms with Crippen LogP contribution in [0.4, 0.5) is 0 Å². The highest BCUT2D eigenvalue weighted by atomic mass is 15.3. The maximum absolute atomic E-state index is 4.65. The summed E-state index contributed by atoms with van der Waals surface area (Å²) in [4.78, 5) is 0. The lowest BCUT2D eigenvalue weighted by Gasteiger charge is -2.15. The Hall–Kier alpha value is -0.830. The second-order valence-electron chi connectivity index (χ2n) is 5.44. The molecule has 3 nitrogen and oxygen atoms in total. The van der Waals surface area contributed by atoms with Crippen molar-refractivity contribution in [1.29, 1.82) is 0 Å². The molecular formula is C15H29N3. The van der Waals surface area contributed by atoms with Gasteiger partial charge in [0.25, 0.3) is 0 Å². The lowest BCUT2D eigenvalue weighted by Crippen LogP contribution is -2.25. The SMILES string of the molecule is CCCNCC(CCC)Cc1ccn(C(C)C)n1. The fraction of sp³-hybridized carbons (Fsp3) is 0.800. The highest BCUT2D eigenvalue weighted by molar-refractivity contribution is 5.01. The molecular weight excluding hydrogens is 222 g/mol. The third-order valence-electron chi connectivity index (χ3n) is 3.25. The Morgan fingerprint density at radius 3 is 2.61 bits per heavy atom. The van der Waals surface area contributed by atoms with E-state index in [1.807, 2.05) is 0 Å². The van der Waals surface area contributed by atoms with E-state index < -0.39 is 0 Å². The second kappa shape index (κ2) is 8.30. The minimum Gasteiger partial charge on any atom is -0.316 e. The Morgan fingerprint density at radius 2 is 2.06 bits per heavy atom. The van der Waals surface area contributed by atoms with E-state index >= 15 is 0 Å². The summed E-state index contributed by atoms with van der Waals surface area (Å²) in [6.07, 6.45) is 6.95. The zero-order valence-corrected chi connectivity index (χ0v) is 12.4. The summed E-state index contributed by atoms with van der Waals surface area (Å²) in [5, 5.41) is 8.18. The quantitative estimate of drug-likeness (QED) is 0.682. The van der Waals surface area contributed by atoms with Crippen LogP contribution in [0.25, 0.3) is 0 Å². The number of nitrogens with zero attached hydrogens (tertiary/aromatic N) is 2. The first kappa shape index (κ1) is 15.2. The fourth-order valence-corrected chi connectivity index (χ4v) is 2.24. The van der Waals surface area contributed by atoms with Gasteiger partial charge in [0.2, 0.25) is 0 Å². The highest BCUT2D eigenvalue weighted by Crippen LogP contribution is 2.13. The van der Waals surface area contributed by atoms with Gasteiger partial charge in [-0.25, -0.2) is 0 Å². The molecule has 0 fully saturated rings. The lowest BCUT2D eigenvalue weighted by atomic mass is 9.98. The monoisotopic (exact) mass is 251 g/mol. The predicted molar refractivity (Wildman–Crippen MR) is 77.9 cm³/mol. The second-order valence-corrected chi connectivity index (χ2v) is 5.44. The van der Waals surface area contributed by atoms with Crippen molar-refractivity contribution >= 4 is 0 Å². The number of nitrogens with one attached hydrogen (secondary N) is 1. The van der Waals surface area contributed by atoms with Gasteiger partial charge in [-0.15, -0.1) is 0 Å². The summed E-state index contributed by atoms with van der Waals surface area (Å²) < 4.78 is 2.05. The van der Waals surface area contributed by atoms with Crippen LogP contribution in [0.1, 0.15) is 58.7 Å². The molecule has 18 heavy (non-hydrogen) atoms. The Labute approximate surface area is 112 Å². The smallest absolute Gasteiger partial charge is 0.0627 e. The van der Waals surface area contributed by atoms with E-state index in [4.69, 9.17) is 0 Å². The van der Waals surface area contributed by atoms with Crippen molar-refractivity contribution in [2.75, 3.05) is 13.1 Å². The third-order valence-corrected chi connectivity index (χ3v) is 3.25. The van der Waals surface area contributed by atoms with Crippen LogP contribution in [-0.2, 0) is 6.42 Å². The standard InChI is InChI=1S/C15H29N3/c1-5-7-14(12-16-9-6-2)11-15-8-10-18(17-15)13(3)4/h8,10,13-14,16H,5-7,9,11-12H2,1-4H3. The van der Waals surface area contributed by atoms with E-state index in [9.17, 15) is 0 Å². The number of hydrogen-bond donors (Lipinski definition) is 1. The normalized spacial score (nSPS) is 13.2. The molecule has 0 aliphatic heterocycles. The summed E-state index contributed by atoms with van der Waals surface area (Å²) in [5.41, 5.74) is 1.24. The zero-order valence-electron chi connectivity index (χ0n) is 12.4. The van der Waals surface area contributed by atoms with Crippen LogP contribution in [0.3, 0.4) is 0 Å². The molecule has 0 aliphatic carbocycles. The Kier molecular flexibility index (Phi) is 7.02. The van der Waals surface area contributed by atoms with E-state index in [0.717, 1.165) is 25.4 Å². The molecule has 1 rings (SSSR count). The van der Waals surface area contributed by atoms with E-state index in [2.05, 4.69) is 55.1 Å². The average Bonchev–Trinajstić information content (AvgIpc) is 2.78. The molecule has 0 saturated heterocycles. The van der Waals surface area contributed by atoms with Gasteiger partial charge in [-0.3, -0.25) is 4.68 Å². The largest absolute Gasteiger partial charge is 0.316 e. The van der Waals surface area contributed by atoms with Crippen LogP contribution in [0, 0.1) is 5.92 Å². The minimum atomic E-state index is 0.460. The first-order chi connectivity index (χ1) is 8.67. The topological polar surface area (TPSA) is 29.9 Å². The zero-order chi connectivity index (χ0) is 13.4. The molecule has 0 aliphatic rings. The van der Waals surface area contributed by atoms with Gasteiger partial charge < -0.3 is 5.32 Å². The molecule has 1 heterocycles. The van der Waals surface area contributed by atoms with Gasteiger partial charge in [0.15, 0.2) is 0 Å². The molecule has 0 radical (unpaired) electrons. The average molecular weight is 251 g/mol. The van der Waals surface area contributed by atoms with Gasteiger partial charge in [0.05, 0.1) is 5.69 Å². The molecule has 0 spiro atoms. The molecule has 1 atom stereocenters. The van der Waals surface area contributed by atoms with Gasteiger partial charge in [0.1, 0.15) is 0 Å². The number of aromatic nitrogens is 2. The van der Waals surface area contributed by atoms with Crippen molar-refractivity contribution < 1.29 is 0 Å². The Balaban J connectivity index is 2.47. The fourth-order valence-electron chi connectivity index (χ4n) is 2.24. The van der Waals surface area contributed by atoms with Crippen molar-refractivity contribution in [3.05, 3.63) is 18.0 Å². The molecule has 0 amide bonds. The maximum atomic E-state index is 4.65. The summed E-state index contributed by atoms with van der Waals surface area (Å²) in [6, 6.07) is 2.63. The van der Waals surface area contributed by atoms with E-state index in [1.54, 1.807) is 0 Å². The van der Waals surface area contributed by atoms with Crippen molar-refractivity contribution in [3.63, 3.8) is 0 Å². The van der Waals surface area contributed by atoms with Crippen LogP contribution in [0.2, 0.25) is 0 Å². The molecule has 3 heteroatoms. The van der Waals surface area contributed by atoms with Crippen molar-refractivity contribution in [2.45, 2.75) is 59.4 Å². The summed E-state index contributed by atoms with van der Waals surface area (Å²) in [5.74, 6) is 0.720. The van der Waals surface area contributed by atoms with Crippen LogP contribution in [0.15, 0.2) is 12.3 Å². The van der Waals surface area contributed by atoms with Gasteiger partial charge >= 0.3 is 0 Å². The number of rotatable bonds is 9. The van der Waals surface area contributed by atoms with Crippen LogP contribution in [-0.4, -0.2) is 22.9 Å². The first-order valence-corrected chi connectivity index (χ1v) is 7.42. The summed E-state index contributed by atoms with van der Waals surface area (Å²) >= 11 is 0. The molecule has 1 aromatic heterocycles. The molecule has 0 saturated carbocycles. The van der Waals surface area contributed by atoms with Gasteiger partial charge in [-0.2, -0.15) is 5.10 Å². The van der Waals surface area contributed by atoms with Crippen LogP contribution in [0.5, 0.6) is 0 Å². The Bertz CT molecular complexity index is 317. The summed E-state index contributed by atoms with van der Waals surface area (Å²) in [6.45, 7) is 11.1. The molecule has 104 valence electrons. The summed E-state index contributed by atoms with van der Waals surface area (Å²) in [7, 11) is 0. The van der Waals surface area contributed by atoms with Gasteiger partial charge in [-0.05, 0) is 58.2 Å². The molecule has 1 aromatic rings. The van der Waals surface area contributed by atoms with Crippen molar-refractivity contribution in [3.8, 4) is 0 Å². The van der Waals surface area contributed by atoms with E-state index in [1.165, 1.54) is 25.0 Å².